The molecule has 0 atom stereocenters. The number of rotatable bonds is 4. The van der Waals surface area contributed by atoms with Gasteiger partial charge in [0.1, 0.15) is 5.88 Å². The van der Waals surface area contributed by atoms with Crippen LogP contribution < -0.4 is 0 Å². The van der Waals surface area contributed by atoms with E-state index in [9.17, 15) is 0 Å². The molecule has 1 aromatic carbocycles. The van der Waals surface area contributed by atoms with Crippen LogP contribution in [0.15, 0.2) is 39.6 Å². The molecule has 0 radical (unpaired) electrons. The highest BCUT2D eigenvalue weighted by Gasteiger charge is 2.04. The summed E-state index contributed by atoms with van der Waals surface area (Å²) in [5, 5.41) is 7.67. The molecule has 78 valence electrons. The molecule has 0 aliphatic carbocycles. The summed E-state index contributed by atoms with van der Waals surface area (Å²) in [4.78, 5) is 1.18. The number of alkyl halides is 1. The number of aromatic nitrogens is 2. The molecule has 0 saturated carbocycles. The van der Waals surface area contributed by atoms with Gasteiger partial charge < -0.3 is 4.42 Å². The largest absolute Gasteiger partial charge is 0.423 e. The molecular formula is C10H9ClN2OS. The summed E-state index contributed by atoms with van der Waals surface area (Å²) >= 11 is 7.21. The average Bonchev–Trinajstić information content (AvgIpc) is 2.76. The molecule has 0 unspecified atom stereocenters. The number of nitrogens with zero attached hydrogens (tertiary/aromatic N) is 2. The summed E-state index contributed by atoms with van der Waals surface area (Å²) < 4.78 is 5.28. The number of benzene rings is 1. The summed E-state index contributed by atoms with van der Waals surface area (Å²) in [6, 6.07) is 10.1. The number of hydrogen-bond acceptors (Lipinski definition) is 4. The zero-order valence-electron chi connectivity index (χ0n) is 7.89. The van der Waals surface area contributed by atoms with Crippen molar-refractivity contribution >= 4 is 23.4 Å². The second-order valence-corrected chi connectivity index (χ2v) is 4.14. The van der Waals surface area contributed by atoms with Crippen molar-refractivity contribution in [3.05, 3.63) is 42.1 Å². The van der Waals surface area contributed by atoms with Crippen LogP contribution in [0.25, 0.3) is 0 Å². The lowest BCUT2D eigenvalue weighted by molar-refractivity contribution is 0.481. The third-order valence-corrected chi connectivity index (χ3v) is 2.95. The second kappa shape index (κ2) is 5.19. The van der Waals surface area contributed by atoms with Crippen molar-refractivity contribution in [2.24, 2.45) is 0 Å². The Morgan fingerprint density at radius 3 is 2.53 bits per heavy atom. The van der Waals surface area contributed by atoms with Gasteiger partial charge in [-0.15, -0.1) is 33.6 Å². The van der Waals surface area contributed by atoms with Gasteiger partial charge in [-0.1, -0.05) is 18.2 Å². The predicted octanol–water partition coefficient (Wildman–Crippen LogP) is 3.10. The molecule has 0 aliphatic rings. The molecular weight excluding hydrogens is 232 g/mol. The Morgan fingerprint density at radius 1 is 1.13 bits per heavy atom. The van der Waals surface area contributed by atoms with Gasteiger partial charge in [-0.25, -0.2) is 0 Å². The van der Waals surface area contributed by atoms with Crippen LogP contribution in [-0.4, -0.2) is 10.2 Å². The first kappa shape index (κ1) is 10.5. The normalized spacial score (nSPS) is 10.5. The Bertz CT molecular complexity index is 418. The number of hydrogen-bond donors (Lipinski definition) is 0. The summed E-state index contributed by atoms with van der Waals surface area (Å²) in [6.45, 7) is 0. The topological polar surface area (TPSA) is 38.9 Å². The lowest BCUT2D eigenvalue weighted by Gasteiger charge is -1.96. The van der Waals surface area contributed by atoms with E-state index in [1.165, 1.54) is 4.90 Å². The molecule has 1 aromatic heterocycles. The molecule has 5 heteroatoms. The van der Waals surface area contributed by atoms with Gasteiger partial charge in [-0.3, -0.25) is 0 Å². The minimum absolute atomic E-state index is 0.267. The van der Waals surface area contributed by atoms with Gasteiger partial charge in [0.25, 0.3) is 0 Å². The van der Waals surface area contributed by atoms with E-state index in [0.29, 0.717) is 17.5 Å². The summed E-state index contributed by atoms with van der Waals surface area (Å²) in [6.07, 6.45) is 0. The Balaban J connectivity index is 1.93. The molecule has 3 nitrogen and oxygen atoms in total. The van der Waals surface area contributed by atoms with Gasteiger partial charge >= 0.3 is 0 Å². The minimum atomic E-state index is 0.267. The van der Waals surface area contributed by atoms with E-state index in [4.69, 9.17) is 16.0 Å². The molecule has 1 heterocycles. The highest BCUT2D eigenvalue weighted by molar-refractivity contribution is 7.98. The van der Waals surface area contributed by atoms with Gasteiger partial charge in [0.05, 0.1) is 5.75 Å². The fourth-order valence-electron chi connectivity index (χ4n) is 1.06. The van der Waals surface area contributed by atoms with Gasteiger partial charge in [0.15, 0.2) is 0 Å². The van der Waals surface area contributed by atoms with Crippen molar-refractivity contribution in [3.63, 3.8) is 0 Å². The lowest BCUT2D eigenvalue weighted by Crippen LogP contribution is -1.79. The van der Waals surface area contributed by atoms with Gasteiger partial charge in [-0.2, -0.15) is 0 Å². The fourth-order valence-corrected chi connectivity index (χ4v) is 1.93. The number of thioether (sulfide) groups is 1. The summed E-state index contributed by atoms with van der Waals surface area (Å²) in [7, 11) is 0. The van der Waals surface area contributed by atoms with Crippen LogP contribution in [0.1, 0.15) is 11.8 Å². The average molecular weight is 241 g/mol. The van der Waals surface area contributed by atoms with Crippen molar-refractivity contribution in [1.29, 1.82) is 0 Å². The van der Waals surface area contributed by atoms with Crippen LogP contribution in [0.4, 0.5) is 0 Å². The maximum Gasteiger partial charge on any atom is 0.231 e. The van der Waals surface area contributed by atoms with Crippen LogP contribution in [0.3, 0.4) is 0 Å². The van der Waals surface area contributed by atoms with E-state index >= 15 is 0 Å². The Kier molecular flexibility index (Phi) is 3.64. The fraction of sp³-hybridized carbons (Fsp3) is 0.200. The quantitative estimate of drug-likeness (QED) is 0.608. The molecule has 2 rings (SSSR count). The lowest BCUT2D eigenvalue weighted by atomic mass is 10.4. The maximum absolute atomic E-state index is 5.55. The van der Waals surface area contributed by atoms with E-state index in [1.54, 1.807) is 11.8 Å². The van der Waals surface area contributed by atoms with Crippen LogP contribution in [0.2, 0.25) is 0 Å². The van der Waals surface area contributed by atoms with E-state index in [2.05, 4.69) is 10.2 Å². The first-order valence-corrected chi connectivity index (χ1v) is 5.95. The van der Waals surface area contributed by atoms with E-state index in [1.807, 2.05) is 30.3 Å². The predicted molar refractivity (Wildman–Crippen MR) is 59.9 cm³/mol. The molecule has 0 fully saturated rings. The summed E-state index contributed by atoms with van der Waals surface area (Å²) in [5.41, 5.74) is 0. The third kappa shape index (κ3) is 2.97. The van der Waals surface area contributed by atoms with Gasteiger partial charge in [0, 0.05) is 4.90 Å². The Hall–Kier alpha value is -1.00. The highest BCUT2D eigenvalue weighted by atomic mass is 35.5. The third-order valence-electron chi connectivity index (χ3n) is 1.73. The molecule has 0 saturated heterocycles. The van der Waals surface area contributed by atoms with Crippen molar-refractivity contribution < 1.29 is 4.42 Å². The molecule has 15 heavy (non-hydrogen) atoms. The Labute approximate surface area is 96.8 Å². The van der Waals surface area contributed by atoms with Crippen molar-refractivity contribution in [3.8, 4) is 0 Å². The molecule has 0 aliphatic heterocycles. The first-order chi connectivity index (χ1) is 7.38. The first-order valence-electron chi connectivity index (χ1n) is 4.43. The molecule has 0 N–H and O–H groups in total. The SMILES string of the molecule is ClCc1nnc(CSc2ccccc2)o1. The molecule has 0 bridgehead atoms. The van der Waals surface area contributed by atoms with Crippen molar-refractivity contribution in [1.82, 2.24) is 10.2 Å². The van der Waals surface area contributed by atoms with Crippen molar-refractivity contribution in [2.75, 3.05) is 0 Å². The van der Waals surface area contributed by atoms with Crippen LogP contribution >= 0.6 is 23.4 Å². The zero-order valence-corrected chi connectivity index (χ0v) is 9.46. The minimum Gasteiger partial charge on any atom is -0.423 e. The van der Waals surface area contributed by atoms with Crippen LogP contribution in [-0.2, 0) is 11.6 Å². The Morgan fingerprint density at radius 2 is 1.87 bits per heavy atom. The van der Waals surface area contributed by atoms with E-state index in [-0.39, 0.29) is 5.88 Å². The zero-order chi connectivity index (χ0) is 10.5. The van der Waals surface area contributed by atoms with Crippen LogP contribution in [0.5, 0.6) is 0 Å². The molecule has 2 aromatic rings. The van der Waals surface area contributed by atoms with Gasteiger partial charge in [0.2, 0.25) is 11.8 Å². The second-order valence-electron chi connectivity index (χ2n) is 2.82. The highest BCUT2D eigenvalue weighted by Crippen LogP contribution is 2.21. The molecule has 0 spiro atoms. The van der Waals surface area contributed by atoms with Crippen LogP contribution in [0, 0.1) is 0 Å². The van der Waals surface area contributed by atoms with E-state index in [0.717, 1.165) is 0 Å². The number of halogens is 1. The maximum atomic E-state index is 5.55. The monoisotopic (exact) mass is 240 g/mol. The van der Waals surface area contributed by atoms with Gasteiger partial charge in [-0.05, 0) is 12.1 Å². The van der Waals surface area contributed by atoms with Crippen molar-refractivity contribution in [2.45, 2.75) is 16.5 Å². The molecule has 0 amide bonds. The van der Waals surface area contributed by atoms with E-state index < -0.39 is 0 Å². The summed E-state index contributed by atoms with van der Waals surface area (Å²) in [5.74, 6) is 2.02. The standard InChI is InChI=1S/C10H9ClN2OS/c11-6-9-12-13-10(14-9)7-15-8-4-2-1-3-5-8/h1-5H,6-7H2. The smallest absolute Gasteiger partial charge is 0.231 e.